The van der Waals surface area contributed by atoms with E-state index < -0.39 is 0 Å². The Labute approximate surface area is 123 Å². The monoisotopic (exact) mass is 335 g/mol. The minimum atomic E-state index is 0. The van der Waals surface area contributed by atoms with Crippen LogP contribution in [-0.4, -0.2) is 19.8 Å². The average molecular weight is 337 g/mol. The molecule has 0 radical (unpaired) electrons. The highest BCUT2D eigenvalue weighted by atomic mass is 79.9. The topological polar surface area (TPSA) is 30.5 Å². The summed E-state index contributed by atoms with van der Waals surface area (Å²) in [6.07, 6.45) is 2.57. The van der Waals surface area contributed by atoms with Gasteiger partial charge in [0.05, 0.1) is 13.7 Å². The molecule has 1 saturated carbocycles. The molecule has 0 atom stereocenters. The van der Waals surface area contributed by atoms with E-state index >= 15 is 0 Å². The van der Waals surface area contributed by atoms with Crippen LogP contribution in [0.1, 0.15) is 25.3 Å². The molecule has 0 unspecified atom stereocenters. The Morgan fingerprint density at radius 1 is 1.39 bits per heavy atom. The van der Waals surface area contributed by atoms with Gasteiger partial charge in [0.1, 0.15) is 0 Å². The predicted octanol–water partition coefficient (Wildman–Crippen LogP) is 3.53. The van der Waals surface area contributed by atoms with Crippen molar-refractivity contribution in [1.29, 1.82) is 0 Å². The molecule has 18 heavy (non-hydrogen) atoms. The summed E-state index contributed by atoms with van der Waals surface area (Å²) >= 11 is 3.50. The van der Waals surface area contributed by atoms with Gasteiger partial charge in [0.25, 0.3) is 0 Å². The molecule has 0 aromatic heterocycles. The Bertz CT molecular complexity index is 397. The quantitative estimate of drug-likeness (QED) is 0.862. The lowest BCUT2D eigenvalue weighted by atomic mass is 10.2. The van der Waals surface area contributed by atoms with Gasteiger partial charge in [-0.3, -0.25) is 0 Å². The van der Waals surface area contributed by atoms with Crippen molar-refractivity contribution in [3.63, 3.8) is 0 Å². The summed E-state index contributed by atoms with van der Waals surface area (Å²) in [5.74, 6) is 1.64. The summed E-state index contributed by atoms with van der Waals surface area (Å²) in [6, 6.07) is 4.71. The average Bonchev–Trinajstić information content (AvgIpc) is 3.13. The molecule has 0 bridgehead atoms. The minimum absolute atomic E-state index is 0. The molecule has 0 amide bonds. The first-order chi connectivity index (χ1) is 8.24. The maximum atomic E-state index is 5.68. The summed E-state index contributed by atoms with van der Waals surface area (Å²) in [7, 11) is 1.67. The Hall–Kier alpha value is -0.450. The van der Waals surface area contributed by atoms with Gasteiger partial charge in [0, 0.05) is 22.6 Å². The van der Waals surface area contributed by atoms with Crippen LogP contribution in [0.2, 0.25) is 0 Å². The van der Waals surface area contributed by atoms with Crippen molar-refractivity contribution >= 4 is 28.3 Å². The van der Waals surface area contributed by atoms with E-state index in [1.807, 2.05) is 13.0 Å². The highest BCUT2D eigenvalue weighted by molar-refractivity contribution is 9.10. The number of nitrogens with one attached hydrogen (secondary N) is 1. The van der Waals surface area contributed by atoms with E-state index in [9.17, 15) is 0 Å². The fourth-order valence-corrected chi connectivity index (χ4v) is 2.24. The molecule has 1 aromatic carbocycles. The van der Waals surface area contributed by atoms with Crippen LogP contribution >= 0.6 is 28.3 Å². The lowest BCUT2D eigenvalue weighted by molar-refractivity contribution is 0.306. The first-order valence-corrected chi connectivity index (χ1v) is 6.76. The zero-order chi connectivity index (χ0) is 12.3. The van der Waals surface area contributed by atoms with Crippen LogP contribution in [0.5, 0.6) is 11.5 Å². The van der Waals surface area contributed by atoms with E-state index in [0.29, 0.717) is 12.6 Å². The maximum Gasteiger partial charge on any atom is 0.165 e. The SMILES string of the molecule is CCOc1c(CNC2CC2)cc(Br)cc1OC.Cl. The van der Waals surface area contributed by atoms with Gasteiger partial charge in [-0.25, -0.2) is 0 Å². The third-order valence-corrected chi connectivity index (χ3v) is 3.22. The summed E-state index contributed by atoms with van der Waals surface area (Å²) in [4.78, 5) is 0. The number of methoxy groups -OCH3 is 1. The molecule has 1 aliphatic rings. The predicted molar refractivity (Wildman–Crippen MR) is 79.0 cm³/mol. The first-order valence-electron chi connectivity index (χ1n) is 5.97. The normalized spacial score (nSPS) is 13.9. The molecular weight excluding hydrogens is 318 g/mol. The van der Waals surface area contributed by atoms with Gasteiger partial charge < -0.3 is 14.8 Å². The summed E-state index contributed by atoms with van der Waals surface area (Å²) in [5, 5.41) is 3.49. The molecular formula is C13H19BrClNO2. The van der Waals surface area contributed by atoms with Crippen molar-refractivity contribution in [1.82, 2.24) is 5.32 Å². The van der Waals surface area contributed by atoms with Gasteiger partial charge in [-0.05, 0) is 31.9 Å². The van der Waals surface area contributed by atoms with Crippen LogP contribution in [0.4, 0.5) is 0 Å². The summed E-state index contributed by atoms with van der Waals surface area (Å²) in [6.45, 7) is 3.46. The molecule has 2 rings (SSSR count). The van der Waals surface area contributed by atoms with E-state index in [1.165, 1.54) is 12.8 Å². The Morgan fingerprint density at radius 2 is 2.11 bits per heavy atom. The molecule has 5 heteroatoms. The molecule has 0 spiro atoms. The van der Waals surface area contributed by atoms with Gasteiger partial charge in [0.2, 0.25) is 0 Å². The number of halogens is 2. The van der Waals surface area contributed by atoms with Crippen LogP contribution in [0.25, 0.3) is 0 Å². The third-order valence-electron chi connectivity index (χ3n) is 2.76. The van der Waals surface area contributed by atoms with E-state index in [2.05, 4.69) is 27.3 Å². The minimum Gasteiger partial charge on any atom is -0.493 e. The van der Waals surface area contributed by atoms with Gasteiger partial charge in [-0.2, -0.15) is 0 Å². The van der Waals surface area contributed by atoms with Crippen LogP contribution < -0.4 is 14.8 Å². The molecule has 1 N–H and O–H groups in total. The van der Waals surface area contributed by atoms with Crippen molar-refractivity contribution in [2.45, 2.75) is 32.4 Å². The van der Waals surface area contributed by atoms with E-state index in [0.717, 1.165) is 28.1 Å². The lowest BCUT2D eigenvalue weighted by Crippen LogP contribution is -2.16. The molecule has 1 aliphatic carbocycles. The van der Waals surface area contributed by atoms with Crippen LogP contribution in [0.15, 0.2) is 16.6 Å². The smallest absolute Gasteiger partial charge is 0.165 e. The molecule has 102 valence electrons. The number of ether oxygens (including phenoxy) is 2. The molecule has 0 heterocycles. The van der Waals surface area contributed by atoms with E-state index in [-0.39, 0.29) is 12.4 Å². The molecule has 3 nitrogen and oxygen atoms in total. The van der Waals surface area contributed by atoms with Gasteiger partial charge in [-0.1, -0.05) is 15.9 Å². The van der Waals surface area contributed by atoms with Gasteiger partial charge in [0.15, 0.2) is 11.5 Å². The molecule has 1 fully saturated rings. The van der Waals surface area contributed by atoms with Gasteiger partial charge in [-0.15, -0.1) is 12.4 Å². The largest absolute Gasteiger partial charge is 0.493 e. The van der Waals surface area contributed by atoms with Crippen molar-refractivity contribution in [3.8, 4) is 11.5 Å². The number of benzene rings is 1. The number of hydrogen-bond acceptors (Lipinski definition) is 3. The highest BCUT2D eigenvalue weighted by Crippen LogP contribution is 2.35. The zero-order valence-electron chi connectivity index (χ0n) is 10.7. The van der Waals surface area contributed by atoms with Crippen molar-refractivity contribution in [2.24, 2.45) is 0 Å². The molecule has 0 saturated heterocycles. The Balaban J connectivity index is 0.00000162. The summed E-state index contributed by atoms with van der Waals surface area (Å²) in [5.41, 5.74) is 1.14. The van der Waals surface area contributed by atoms with Crippen LogP contribution in [-0.2, 0) is 6.54 Å². The second kappa shape index (κ2) is 7.22. The Kier molecular flexibility index (Phi) is 6.26. The van der Waals surface area contributed by atoms with Gasteiger partial charge >= 0.3 is 0 Å². The molecule has 1 aromatic rings. The van der Waals surface area contributed by atoms with Crippen LogP contribution in [0.3, 0.4) is 0 Å². The highest BCUT2D eigenvalue weighted by Gasteiger charge is 2.21. The van der Waals surface area contributed by atoms with Crippen molar-refractivity contribution in [3.05, 3.63) is 22.2 Å². The summed E-state index contributed by atoms with van der Waals surface area (Å²) < 4.78 is 12.1. The standard InChI is InChI=1S/C13H18BrNO2.ClH/c1-3-17-13-9(8-15-11-4-5-11)6-10(14)7-12(13)16-2;/h6-7,11,15H,3-5,8H2,1-2H3;1H. The van der Waals surface area contributed by atoms with E-state index in [4.69, 9.17) is 9.47 Å². The van der Waals surface area contributed by atoms with Crippen molar-refractivity contribution < 1.29 is 9.47 Å². The number of rotatable bonds is 6. The van der Waals surface area contributed by atoms with E-state index in [1.54, 1.807) is 7.11 Å². The fraction of sp³-hybridized carbons (Fsp3) is 0.538. The second-order valence-corrected chi connectivity index (χ2v) is 5.10. The molecule has 0 aliphatic heterocycles. The maximum absolute atomic E-state index is 5.68. The second-order valence-electron chi connectivity index (χ2n) is 4.18. The van der Waals surface area contributed by atoms with Crippen molar-refractivity contribution in [2.75, 3.05) is 13.7 Å². The zero-order valence-corrected chi connectivity index (χ0v) is 13.1. The fourth-order valence-electron chi connectivity index (χ4n) is 1.76. The number of hydrogen-bond donors (Lipinski definition) is 1. The third kappa shape index (κ3) is 4.04. The lowest BCUT2D eigenvalue weighted by Gasteiger charge is -2.15. The Morgan fingerprint density at radius 3 is 2.67 bits per heavy atom. The van der Waals surface area contributed by atoms with Crippen LogP contribution in [0, 0.1) is 0 Å². The first kappa shape index (κ1) is 15.6.